The molecule has 134 valence electrons. The van der Waals surface area contributed by atoms with Crippen molar-refractivity contribution in [3.63, 3.8) is 0 Å². The normalized spacial score (nSPS) is 15.9. The number of hydrogen-bond acceptors (Lipinski definition) is 4. The Labute approximate surface area is 157 Å². The number of aromatic nitrogens is 3. The highest BCUT2D eigenvalue weighted by atomic mass is 32.1. The molecule has 1 saturated carbocycles. The van der Waals surface area contributed by atoms with Crippen molar-refractivity contribution in [1.82, 2.24) is 20.1 Å². The molecule has 0 spiro atoms. The van der Waals surface area contributed by atoms with Gasteiger partial charge in [0, 0.05) is 36.4 Å². The predicted octanol–water partition coefficient (Wildman–Crippen LogP) is 3.67. The molecule has 0 atom stereocenters. The van der Waals surface area contributed by atoms with E-state index in [4.69, 9.17) is 0 Å². The van der Waals surface area contributed by atoms with Crippen molar-refractivity contribution in [2.75, 3.05) is 0 Å². The highest BCUT2D eigenvalue weighted by Crippen LogP contribution is 2.43. The lowest BCUT2D eigenvalue weighted by Gasteiger charge is -2.26. The molecule has 0 unspecified atom stereocenters. The van der Waals surface area contributed by atoms with E-state index < -0.39 is 0 Å². The number of aryl methyl sites for hydroxylation is 1. The van der Waals surface area contributed by atoms with Crippen molar-refractivity contribution in [2.24, 2.45) is 7.05 Å². The number of hydrogen-bond donors (Lipinski definition) is 1. The fourth-order valence-electron chi connectivity index (χ4n) is 3.84. The monoisotopic (exact) mass is 366 g/mol. The van der Waals surface area contributed by atoms with Crippen LogP contribution in [0.15, 0.2) is 48.2 Å². The molecule has 0 radical (unpaired) electrons. The molecule has 1 fully saturated rings. The summed E-state index contributed by atoms with van der Waals surface area (Å²) in [5.74, 6) is 0.137. The minimum Gasteiger partial charge on any atom is -0.351 e. The Bertz CT molecular complexity index is 894. The van der Waals surface area contributed by atoms with Crippen LogP contribution in [0.2, 0.25) is 0 Å². The van der Waals surface area contributed by atoms with Crippen LogP contribution >= 0.6 is 11.3 Å². The average molecular weight is 366 g/mol. The van der Waals surface area contributed by atoms with E-state index in [0.29, 0.717) is 6.54 Å². The van der Waals surface area contributed by atoms with Crippen LogP contribution in [0.1, 0.15) is 36.1 Å². The number of nitrogens with zero attached hydrogens (tertiary/aromatic N) is 3. The summed E-state index contributed by atoms with van der Waals surface area (Å²) in [7, 11) is 1.89. The van der Waals surface area contributed by atoms with Gasteiger partial charge in [-0.05, 0) is 35.9 Å². The number of thiophene rings is 1. The lowest BCUT2D eigenvalue weighted by molar-refractivity contribution is -0.126. The van der Waals surface area contributed by atoms with Gasteiger partial charge < -0.3 is 5.32 Å². The van der Waals surface area contributed by atoms with Crippen LogP contribution in [0.5, 0.6) is 0 Å². The molecule has 1 N–H and O–H groups in total. The molecular formula is C20H22N4OS. The Kier molecular flexibility index (Phi) is 4.59. The first-order chi connectivity index (χ1) is 12.7. The van der Waals surface area contributed by atoms with Crippen molar-refractivity contribution in [3.8, 4) is 11.3 Å². The van der Waals surface area contributed by atoms with E-state index in [2.05, 4.69) is 26.8 Å². The van der Waals surface area contributed by atoms with Crippen LogP contribution in [0.25, 0.3) is 11.3 Å². The standard InChI is InChI=1S/C20H22N4OS/c1-24-14-16(13-23-24)18-15(6-4-10-21-18)12-22-19(25)20(8-2-3-9-20)17-7-5-11-26-17/h4-7,10-11,13-14H,2-3,8-9,12H2,1H3,(H,22,25). The molecule has 1 aliphatic rings. The lowest BCUT2D eigenvalue weighted by Crippen LogP contribution is -2.41. The first kappa shape index (κ1) is 17.0. The molecular weight excluding hydrogens is 344 g/mol. The van der Waals surface area contributed by atoms with Crippen molar-refractivity contribution in [3.05, 3.63) is 58.7 Å². The average Bonchev–Trinajstić information content (AvgIpc) is 3.40. The first-order valence-electron chi connectivity index (χ1n) is 8.94. The van der Waals surface area contributed by atoms with E-state index in [1.807, 2.05) is 31.4 Å². The maximum Gasteiger partial charge on any atom is 0.231 e. The molecule has 1 amide bonds. The SMILES string of the molecule is Cn1cc(-c2ncccc2CNC(=O)C2(c3cccs3)CCCC2)cn1. The van der Waals surface area contributed by atoms with Crippen molar-refractivity contribution < 1.29 is 4.79 Å². The minimum atomic E-state index is -0.356. The highest BCUT2D eigenvalue weighted by Gasteiger charge is 2.43. The van der Waals surface area contributed by atoms with E-state index in [-0.39, 0.29) is 11.3 Å². The van der Waals surface area contributed by atoms with Gasteiger partial charge in [0.15, 0.2) is 0 Å². The van der Waals surface area contributed by atoms with Gasteiger partial charge in [-0.25, -0.2) is 0 Å². The van der Waals surface area contributed by atoms with Crippen LogP contribution in [-0.4, -0.2) is 20.7 Å². The third-order valence-corrected chi connectivity index (χ3v) is 6.27. The number of carbonyl (C=O) groups excluding carboxylic acids is 1. The van der Waals surface area contributed by atoms with Crippen LogP contribution < -0.4 is 5.32 Å². The van der Waals surface area contributed by atoms with Crippen molar-refractivity contribution >= 4 is 17.2 Å². The number of amides is 1. The number of pyridine rings is 1. The summed E-state index contributed by atoms with van der Waals surface area (Å²) < 4.78 is 1.76. The maximum atomic E-state index is 13.1. The molecule has 3 heterocycles. The minimum absolute atomic E-state index is 0.137. The molecule has 0 aromatic carbocycles. The summed E-state index contributed by atoms with van der Waals surface area (Å²) >= 11 is 1.69. The van der Waals surface area contributed by atoms with E-state index in [1.165, 1.54) is 4.88 Å². The Morgan fingerprint density at radius 2 is 2.15 bits per heavy atom. The summed E-state index contributed by atoms with van der Waals surface area (Å²) in [5.41, 5.74) is 2.49. The van der Waals surface area contributed by atoms with Gasteiger partial charge in [-0.15, -0.1) is 11.3 Å². The Morgan fingerprint density at radius 1 is 1.31 bits per heavy atom. The van der Waals surface area contributed by atoms with E-state index in [9.17, 15) is 4.79 Å². The molecule has 4 rings (SSSR count). The second kappa shape index (κ2) is 7.03. The van der Waals surface area contributed by atoms with E-state index in [1.54, 1.807) is 28.4 Å². The molecule has 0 saturated heterocycles. The highest BCUT2D eigenvalue weighted by molar-refractivity contribution is 7.10. The van der Waals surface area contributed by atoms with Crippen molar-refractivity contribution in [2.45, 2.75) is 37.6 Å². The second-order valence-corrected chi connectivity index (χ2v) is 7.81. The summed E-state index contributed by atoms with van der Waals surface area (Å²) in [6.45, 7) is 0.476. The number of carbonyl (C=O) groups is 1. The molecule has 0 bridgehead atoms. The Morgan fingerprint density at radius 3 is 2.85 bits per heavy atom. The third-order valence-electron chi connectivity index (χ3n) is 5.19. The Hall–Kier alpha value is -2.47. The van der Waals surface area contributed by atoms with Gasteiger partial charge in [0.1, 0.15) is 0 Å². The molecule has 6 heteroatoms. The zero-order chi connectivity index (χ0) is 18.0. The van der Waals surface area contributed by atoms with Crippen molar-refractivity contribution in [1.29, 1.82) is 0 Å². The third kappa shape index (κ3) is 3.05. The van der Waals surface area contributed by atoms with Crippen LogP contribution in [-0.2, 0) is 23.8 Å². The van der Waals surface area contributed by atoms with Gasteiger partial charge in [0.05, 0.1) is 17.3 Å². The van der Waals surface area contributed by atoms with Crippen LogP contribution in [0.3, 0.4) is 0 Å². The summed E-state index contributed by atoms with van der Waals surface area (Å²) in [4.78, 5) is 18.8. The largest absolute Gasteiger partial charge is 0.351 e. The molecule has 0 aliphatic heterocycles. The van der Waals surface area contributed by atoms with Gasteiger partial charge in [-0.2, -0.15) is 5.10 Å². The molecule has 26 heavy (non-hydrogen) atoms. The van der Waals surface area contributed by atoms with E-state index in [0.717, 1.165) is 42.5 Å². The summed E-state index contributed by atoms with van der Waals surface area (Å²) in [6, 6.07) is 8.06. The van der Waals surface area contributed by atoms with Crippen LogP contribution in [0.4, 0.5) is 0 Å². The second-order valence-electron chi connectivity index (χ2n) is 6.86. The maximum absolute atomic E-state index is 13.1. The lowest BCUT2D eigenvalue weighted by atomic mass is 9.83. The number of rotatable bonds is 5. The fourth-order valence-corrected chi connectivity index (χ4v) is 4.83. The number of nitrogens with one attached hydrogen (secondary N) is 1. The smallest absolute Gasteiger partial charge is 0.231 e. The first-order valence-corrected chi connectivity index (χ1v) is 9.82. The van der Waals surface area contributed by atoms with Gasteiger partial charge in [-0.3, -0.25) is 14.5 Å². The van der Waals surface area contributed by atoms with Gasteiger partial charge >= 0.3 is 0 Å². The quantitative estimate of drug-likeness (QED) is 0.749. The summed E-state index contributed by atoms with van der Waals surface area (Å²) in [5, 5.41) is 9.48. The van der Waals surface area contributed by atoms with E-state index >= 15 is 0 Å². The predicted molar refractivity (Wildman–Crippen MR) is 103 cm³/mol. The molecule has 3 aromatic heterocycles. The zero-order valence-electron chi connectivity index (χ0n) is 14.8. The molecule has 3 aromatic rings. The zero-order valence-corrected chi connectivity index (χ0v) is 15.6. The molecule has 5 nitrogen and oxygen atoms in total. The van der Waals surface area contributed by atoms with Gasteiger partial charge in [0.25, 0.3) is 0 Å². The van der Waals surface area contributed by atoms with Gasteiger partial charge in [0.2, 0.25) is 5.91 Å². The van der Waals surface area contributed by atoms with Crippen LogP contribution in [0, 0.1) is 0 Å². The topological polar surface area (TPSA) is 59.8 Å². The molecule has 1 aliphatic carbocycles. The summed E-state index contributed by atoms with van der Waals surface area (Å²) in [6.07, 6.45) is 9.61. The fraction of sp³-hybridized carbons (Fsp3) is 0.350. The van der Waals surface area contributed by atoms with Gasteiger partial charge in [-0.1, -0.05) is 25.0 Å². The Balaban J connectivity index is 1.55.